The number of aromatic hydroxyl groups is 2. The van der Waals surface area contributed by atoms with Gasteiger partial charge in [0.2, 0.25) is 0 Å². The lowest BCUT2D eigenvalue weighted by molar-refractivity contribution is -0.140. The van der Waals surface area contributed by atoms with Crippen LogP contribution in [0.25, 0.3) is 28.4 Å². The minimum atomic E-state index is -0.743. The predicted molar refractivity (Wildman–Crippen MR) is 131 cm³/mol. The molecule has 0 spiro atoms. The van der Waals surface area contributed by atoms with Crippen LogP contribution in [-0.4, -0.2) is 29.9 Å². The summed E-state index contributed by atoms with van der Waals surface area (Å²) in [4.78, 5) is 25.5. The lowest BCUT2D eigenvalue weighted by atomic mass is 9.84. The fraction of sp³-hybridized carbons (Fsp3) is 0.143. The van der Waals surface area contributed by atoms with E-state index in [0.29, 0.717) is 16.9 Å². The van der Waals surface area contributed by atoms with Gasteiger partial charge < -0.3 is 24.1 Å². The molecule has 0 fully saturated rings. The van der Waals surface area contributed by atoms with Crippen LogP contribution >= 0.6 is 0 Å². The van der Waals surface area contributed by atoms with E-state index in [-0.39, 0.29) is 41.1 Å². The Labute approximate surface area is 200 Å². The van der Waals surface area contributed by atoms with Crippen LogP contribution in [0.15, 0.2) is 81.5 Å². The Morgan fingerprint density at radius 1 is 1.03 bits per heavy atom. The van der Waals surface area contributed by atoms with E-state index in [1.807, 2.05) is 48.5 Å². The molecule has 1 aliphatic heterocycles. The number of carbonyl (C=O) groups excluding carboxylic acids is 1. The van der Waals surface area contributed by atoms with E-state index in [1.54, 1.807) is 12.1 Å². The normalized spacial score (nSPS) is 13.5. The number of phenolic OH excluding ortho intramolecular Hbond substituents is 2. The second-order valence-corrected chi connectivity index (χ2v) is 8.25. The molecule has 0 saturated heterocycles. The Morgan fingerprint density at radius 3 is 2.54 bits per heavy atom. The molecule has 0 unspecified atom stereocenters. The quantitative estimate of drug-likeness (QED) is 0.396. The lowest BCUT2D eigenvalue weighted by Gasteiger charge is -2.26. The zero-order valence-electron chi connectivity index (χ0n) is 18.9. The van der Waals surface area contributed by atoms with Gasteiger partial charge in [0.25, 0.3) is 0 Å². The van der Waals surface area contributed by atoms with E-state index >= 15 is 0 Å². The van der Waals surface area contributed by atoms with Crippen LogP contribution in [0.2, 0.25) is 0 Å². The Bertz CT molecular complexity index is 1520. The van der Waals surface area contributed by atoms with Gasteiger partial charge in [-0.1, -0.05) is 48.5 Å². The van der Waals surface area contributed by atoms with Crippen LogP contribution in [0.4, 0.5) is 0 Å². The van der Waals surface area contributed by atoms with Gasteiger partial charge in [0, 0.05) is 34.7 Å². The van der Waals surface area contributed by atoms with E-state index in [1.165, 1.54) is 13.2 Å². The van der Waals surface area contributed by atoms with Crippen molar-refractivity contribution < 1.29 is 28.9 Å². The van der Waals surface area contributed by atoms with Crippen LogP contribution in [0.1, 0.15) is 23.5 Å². The Morgan fingerprint density at radius 2 is 1.77 bits per heavy atom. The first kappa shape index (κ1) is 22.3. The second kappa shape index (κ2) is 9.02. The molecular weight excluding hydrogens is 448 g/mol. The van der Waals surface area contributed by atoms with Crippen molar-refractivity contribution in [3.63, 3.8) is 0 Å². The van der Waals surface area contributed by atoms with Gasteiger partial charge >= 0.3 is 5.97 Å². The van der Waals surface area contributed by atoms with Crippen LogP contribution in [0.3, 0.4) is 0 Å². The highest BCUT2D eigenvalue weighted by molar-refractivity contribution is 5.91. The third kappa shape index (κ3) is 4.12. The highest BCUT2D eigenvalue weighted by Gasteiger charge is 2.31. The Kier molecular flexibility index (Phi) is 5.74. The van der Waals surface area contributed by atoms with Gasteiger partial charge in [-0.3, -0.25) is 9.59 Å². The third-order valence-electron chi connectivity index (χ3n) is 6.10. The summed E-state index contributed by atoms with van der Waals surface area (Å²) in [5, 5.41) is 21.4. The first-order valence-electron chi connectivity index (χ1n) is 11.0. The molecule has 2 N–H and O–H groups in total. The Balaban J connectivity index is 1.77. The summed E-state index contributed by atoms with van der Waals surface area (Å²) >= 11 is 0. The zero-order chi connectivity index (χ0) is 24.5. The molecule has 5 rings (SSSR count). The fourth-order valence-electron chi connectivity index (χ4n) is 4.41. The van der Waals surface area contributed by atoms with Crippen LogP contribution in [0.5, 0.6) is 17.2 Å². The smallest absolute Gasteiger partial charge is 0.306 e. The summed E-state index contributed by atoms with van der Waals surface area (Å²) in [6.07, 6.45) is 1.75. The lowest BCUT2D eigenvalue weighted by Crippen LogP contribution is -2.18. The molecular formula is C28H22O7. The van der Waals surface area contributed by atoms with Gasteiger partial charge in [-0.2, -0.15) is 0 Å². The van der Waals surface area contributed by atoms with Gasteiger partial charge in [0.1, 0.15) is 40.6 Å². The molecule has 7 nitrogen and oxygen atoms in total. The van der Waals surface area contributed by atoms with E-state index in [4.69, 9.17) is 13.9 Å². The number of methoxy groups -OCH3 is 1. The molecule has 4 aromatic rings. The molecule has 1 aromatic heterocycles. The zero-order valence-corrected chi connectivity index (χ0v) is 18.9. The second-order valence-electron chi connectivity index (χ2n) is 8.25. The van der Waals surface area contributed by atoms with Crippen molar-refractivity contribution in [1.29, 1.82) is 0 Å². The molecule has 35 heavy (non-hydrogen) atoms. The summed E-state index contributed by atoms with van der Waals surface area (Å²) in [6, 6.07) is 18.9. The summed E-state index contributed by atoms with van der Waals surface area (Å²) in [5.41, 5.74) is 1.88. The topological polar surface area (TPSA) is 106 Å². The van der Waals surface area contributed by atoms with E-state index in [2.05, 4.69) is 0 Å². The van der Waals surface area contributed by atoms with Gasteiger partial charge in [-0.25, -0.2) is 0 Å². The SMILES string of the molecule is COC(=O)C[C@@H](C1=Cc2ccccc2OC1)c1c(O)cc(O)c2c(=O)cc(-c3ccccc3)oc12. The maximum atomic E-state index is 13.1. The first-order valence-corrected chi connectivity index (χ1v) is 11.0. The largest absolute Gasteiger partial charge is 0.507 e. The summed E-state index contributed by atoms with van der Waals surface area (Å²) in [7, 11) is 1.28. The van der Waals surface area contributed by atoms with Crippen molar-refractivity contribution in [1.82, 2.24) is 0 Å². The number of ether oxygens (including phenoxy) is 2. The van der Waals surface area contributed by atoms with Crippen LogP contribution in [0, 0.1) is 0 Å². The number of phenols is 2. The molecule has 0 amide bonds. The van der Waals surface area contributed by atoms with E-state index in [9.17, 15) is 19.8 Å². The average Bonchev–Trinajstić information content (AvgIpc) is 2.87. The highest BCUT2D eigenvalue weighted by atomic mass is 16.5. The molecule has 0 saturated carbocycles. The van der Waals surface area contributed by atoms with Crippen molar-refractivity contribution in [2.45, 2.75) is 12.3 Å². The molecule has 0 aliphatic carbocycles. The number of rotatable bonds is 5. The van der Waals surface area contributed by atoms with Gasteiger partial charge in [0.05, 0.1) is 13.5 Å². The number of carbonyl (C=O) groups is 1. The van der Waals surface area contributed by atoms with Crippen molar-refractivity contribution in [2.24, 2.45) is 0 Å². The van der Waals surface area contributed by atoms with E-state index in [0.717, 1.165) is 11.6 Å². The molecule has 1 aliphatic rings. The predicted octanol–water partition coefficient (Wildman–Crippen LogP) is 4.99. The number of benzene rings is 3. The third-order valence-corrected chi connectivity index (χ3v) is 6.10. The van der Waals surface area contributed by atoms with E-state index < -0.39 is 23.1 Å². The van der Waals surface area contributed by atoms with Crippen molar-refractivity contribution in [2.75, 3.05) is 13.7 Å². The molecule has 0 bridgehead atoms. The Hall–Kier alpha value is -4.52. The number of esters is 1. The summed E-state index contributed by atoms with van der Waals surface area (Å²) in [5.74, 6) is -1.01. The first-order chi connectivity index (χ1) is 17.0. The van der Waals surface area contributed by atoms with Crippen molar-refractivity contribution in [3.05, 3.63) is 93.7 Å². The average molecular weight is 470 g/mol. The number of hydrogen-bond acceptors (Lipinski definition) is 7. The standard InChI is InChI=1S/C28H22O7/c1-33-25(32)12-19(18-11-17-9-5-6-10-23(17)34-15-18)26-20(29)13-21(30)27-22(31)14-24(35-28(26)27)16-7-3-2-4-8-16/h2-11,13-14,19,29-30H,12,15H2,1H3/t19-/m0/s1. The molecule has 2 heterocycles. The molecule has 0 radical (unpaired) electrons. The molecule has 3 aromatic carbocycles. The molecule has 176 valence electrons. The molecule has 7 heteroatoms. The minimum absolute atomic E-state index is 0.00233. The minimum Gasteiger partial charge on any atom is -0.507 e. The van der Waals surface area contributed by atoms with Crippen molar-refractivity contribution >= 4 is 23.0 Å². The van der Waals surface area contributed by atoms with Gasteiger partial charge in [-0.05, 0) is 17.7 Å². The van der Waals surface area contributed by atoms with Crippen molar-refractivity contribution in [3.8, 4) is 28.6 Å². The van der Waals surface area contributed by atoms with Gasteiger partial charge in [0.15, 0.2) is 5.43 Å². The van der Waals surface area contributed by atoms with Crippen LogP contribution in [-0.2, 0) is 9.53 Å². The van der Waals surface area contributed by atoms with Crippen LogP contribution < -0.4 is 10.2 Å². The maximum absolute atomic E-state index is 13.1. The summed E-state index contributed by atoms with van der Waals surface area (Å²) < 4.78 is 17.0. The monoisotopic (exact) mass is 470 g/mol. The van der Waals surface area contributed by atoms with Gasteiger partial charge in [-0.15, -0.1) is 0 Å². The number of fused-ring (bicyclic) bond motifs is 2. The summed E-state index contributed by atoms with van der Waals surface area (Å²) in [6.45, 7) is 0.156. The number of para-hydroxylation sites is 1. The fourth-order valence-corrected chi connectivity index (χ4v) is 4.41. The number of hydrogen-bond donors (Lipinski definition) is 2. The highest BCUT2D eigenvalue weighted by Crippen LogP contribution is 2.44. The molecule has 1 atom stereocenters. The maximum Gasteiger partial charge on any atom is 0.306 e.